The van der Waals surface area contributed by atoms with Crippen molar-refractivity contribution >= 4 is 5.84 Å². The summed E-state index contributed by atoms with van der Waals surface area (Å²) in [6, 6.07) is 0. The fraction of sp³-hybridized carbons (Fsp3) is 0.960. The Morgan fingerprint density at radius 3 is 1.59 bits per heavy atom. The van der Waals surface area contributed by atoms with Crippen molar-refractivity contribution in [3.63, 3.8) is 0 Å². The molecule has 0 fully saturated rings. The molecule has 27 heavy (non-hydrogen) atoms. The molecule has 0 spiro atoms. The molecule has 1 aliphatic rings. The minimum absolute atomic E-state index is 0.212. The molecular weight excluding hydrogens is 328 g/mol. The van der Waals surface area contributed by atoms with E-state index in [9.17, 15) is 0 Å². The molecule has 0 amide bonds. The van der Waals surface area contributed by atoms with Gasteiger partial charge >= 0.3 is 0 Å². The molecule has 0 aromatic heterocycles. The third kappa shape index (κ3) is 11.8. The lowest BCUT2D eigenvalue weighted by Gasteiger charge is -2.20. The van der Waals surface area contributed by atoms with Crippen molar-refractivity contribution in [2.24, 2.45) is 10.9 Å². The largest absolute Gasteiger partial charge is 0.371 e. The normalized spacial score (nSPS) is 16.0. The highest BCUT2D eigenvalue weighted by molar-refractivity contribution is 5.84. The molecule has 2 nitrogen and oxygen atoms in total. The SMILES string of the molecule is CCC1(CC)CNC(CCCCCCCCCCCCCCCC(C)C)=N1. The van der Waals surface area contributed by atoms with Crippen LogP contribution < -0.4 is 5.32 Å². The van der Waals surface area contributed by atoms with Crippen LogP contribution in [-0.4, -0.2) is 17.9 Å². The highest BCUT2D eigenvalue weighted by Gasteiger charge is 2.30. The molecule has 0 saturated heterocycles. The molecule has 0 unspecified atom stereocenters. The van der Waals surface area contributed by atoms with E-state index < -0.39 is 0 Å². The van der Waals surface area contributed by atoms with Crippen LogP contribution >= 0.6 is 0 Å². The summed E-state index contributed by atoms with van der Waals surface area (Å²) in [5.41, 5.74) is 0.212. The second-order valence-electron chi connectivity index (χ2n) is 9.37. The topological polar surface area (TPSA) is 24.4 Å². The third-order valence-electron chi connectivity index (χ3n) is 6.50. The van der Waals surface area contributed by atoms with E-state index in [2.05, 4.69) is 33.0 Å². The molecule has 0 atom stereocenters. The number of rotatable bonds is 18. The lowest BCUT2D eigenvalue weighted by atomic mass is 9.95. The van der Waals surface area contributed by atoms with Crippen molar-refractivity contribution in [3.8, 4) is 0 Å². The lowest BCUT2D eigenvalue weighted by molar-refractivity contribution is 0.420. The second kappa shape index (κ2) is 15.4. The van der Waals surface area contributed by atoms with E-state index in [1.54, 1.807) is 0 Å². The number of aliphatic imine (C=N–C) groups is 1. The first-order valence-electron chi connectivity index (χ1n) is 12.4. The molecule has 0 saturated carbocycles. The van der Waals surface area contributed by atoms with Gasteiger partial charge in [0, 0.05) is 13.0 Å². The van der Waals surface area contributed by atoms with Gasteiger partial charge in [-0.3, -0.25) is 4.99 Å². The molecular formula is C25H50N2. The summed E-state index contributed by atoms with van der Waals surface area (Å²) in [5.74, 6) is 2.17. The highest BCUT2D eigenvalue weighted by atomic mass is 15.1. The average Bonchev–Trinajstić information content (AvgIpc) is 3.08. The predicted octanol–water partition coefficient (Wildman–Crippen LogP) is 8.05. The molecule has 0 radical (unpaired) electrons. The first-order valence-corrected chi connectivity index (χ1v) is 12.4. The van der Waals surface area contributed by atoms with Gasteiger partial charge in [0.2, 0.25) is 0 Å². The highest BCUT2D eigenvalue weighted by Crippen LogP contribution is 2.24. The standard InChI is InChI=1S/C25H50N2/c1-5-25(6-2)22-26-24(27-25)21-19-17-15-13-11-9-7-8-10-12-14-16-18-20-23(3)4/h23H,5-22H2,1-4H3,(H,26,27). The number of nitrogens with one attached hydrogen (secondary N) is 1. The minimum atomic E-state index is 0.212. The first kappa shape index (κ1) is 24.5. The lowest BCUT2D eigenvalue weighted by Crippen LogP contribution is -2.31. The van der Waals surface area contributed by atoms with Crippen molar-refractivity contribution in [3.05, 3.63) is 0 Å². The van der Waals surface area contributed by atoms with Crippen molar-refractivity contribution in [2.45, 2.75) is 142 Å². The van der Waals surface area contributed by atoms with Crippen LogP contribution in [0.2, 0.25) is 0 Å². The van der Waals surface area contributed by atoms with Crippen molar-refractivity contribution in [1.82, 2.24) is 5.32 Å². The van der Waals surface area contributed by atoms with Gasteiger partial charge in [-0.05, 0) is 25.2 Å². The van der Waals surface area contributed by atoms with Crippen LogP contribution in [0.15, 0.2) is 4.99 Å². The summed E-state index contributed by atoms with van der Waals surface area (Å²) < 4.78 is 0. The van der Waals surface area contributed by atoms with Crippen LogP contribution in [0.25, 0.3) is 0 Å². The van der Waals surface area contributed by atoms with Gasteiger partial charge in [-0.15, -0.1) is 0 Å². The van der Waals surface area contributed by atoms with Crippen molar-refractivity contribution in [1.29, 1.82) is 0 Å². The summed E-state index contributed by atoms with van der Waals surface area (Å²) >= 11 is 0. The van der Waals surface area contributed by atoms with E-state index in [1.165, 1.54) is 102 Å². The van der Waals surface area contributed by atoms with E-state index in [4.69, 9.17) is 4.99 Å². The molecule has 0 aliphatic carbocycles. The van der Waals surface area contributed by atoms with Gasteiger partial charge in [-0.2, -0.15) is 0 Å². The average molecular weight is 379 g/mol. The molecule has 0 bridgehead atoms. The Morgan fingerprint density at radius 2 is 1.19 bits per heavy atom. The van der Waals surface area contributed by atoms with Crippen LogP contribution in [0.4, 0.5) is 0 Å². The zero-order valence-corrected chi connectivity index (χ0v) is 19.3. The Kier molecular flexibility index (Phi) is 14.0. The zero-order chi connectivity index (χ0) is 19.8. The zero-order valence-electron chi connectivity index (χ0n) is 19.3. The number of unbranched alkanes of at least 4 members (excludes halogenated alkanes) is 12. The van der Waals surface area contributed by atoms with Crippen LogP contribution in [-0.2, 0) is 0 Å². The minimum Gasteiger partial charge on any atom is -0.371 e. The van der Waals surface area contributed by atoms with Crippen molar-refractivity contribution in [2.75, 3.05) is 6.54 Å². The maximum atomic E-state index is 4.97. The van der Waals surface area contributed by atoms with E-state index >= 15 is 0 Å². The van der Waals surface area contributed by atoms with Crippen LogP contribution in [0.1, 0.15) is 137 Å². The third-order valence-corrected chi connectivity index (χ3v) is 6.50. The predicted molar refractivity (Wildman–Crippen MR) is 123 cm³/mol. The molecule has 2 heteroatoms. The molecule has 0 aromatic carbocycles. The maximum absolute atomic E-state index is 4.97. The fourth-order valence-corrected chi connectivity index (χ4v) is 4.22. The Labute approximate surface area is 171 Å². The summed E-state index contributed by atoms with van der Waals surface area (Å²) in [7, 11) is 0. The number of nitrogens with zero attached hydrogens (tertiary/aromatic N) is 1. The number of hydrogen-bond acceptors (Lipinski definition) is 2. The number of amidine groups is 1. The van der Waals surface area contributed by atoms with Gasteiger partial charge in [0.25, 0.3) is 0 Å². The van der Waals surface area contributed by atoms with Gasteiger partial charge in [0.15, 0.2) is 0 Å². The Morgan fingerprint density at radius 1 is 0.741 bits per heavy atom. The molecule has 160 valence electrons. The Balaban J connectivity index is 1.81. The van der Waals surface area contributed by atoms with Gasteiger partial charge in [0.05, 0.1) is 11.4 Å². The summed E-state index contributed by atoms with van der Waals surface area (Å²) in [4.78, 5) is 4.97. The molecule has 1 rings (SSSR count). The van der Waals surface area contributed by atoms with Crippen LogP contribution in [0.3, 0.4) is 0 Å². The number of hydrogen-bond donors (Lipinski definition) is 1. The van der Waals surface area contributed by atoms with E-state index in [-0.39, 0.29) is 5.54 Å². The second-order valence-corrected chi connectivity index (χ2v) is 9.37. The summed E-state index contributed by atoms with van der Waals surface area (Å²) in [6.07, 6.45) is 23.6. The van der Waals surface area contributed by atoms with Crippen LogP contribution in [0.5, 0.6) is 0 Å². The van der Waals surface area contributed by atoms with E-state index in [0.717, 1.165) is 25.3 Å². The molecule has 0 aromatic rings. The molecule has 1 heterocycles. The monoisotopic (exact) mass is 378 g/mol. The fourth-order valence-electron chi connectivity index (χ4n) is 4.22. The maximum Gasteiger partial charge on any atom is 0.0971 e. The first-order chi connectivity index (χ1) is 13.1. The van der Waals surface area contributed by atoms with Gasteiger partial charge < -0.3 is 5.32 Å². The quantitative estimate of drug-likeness (QED) is 0.240. The van der Waals surface area contributed by atoms with Gasteiger partial charge in [-0.25, -0.2) is 0 Å². The molecule has 1 N–H and O–H groups in total. The van der Waals surface area contributed by atoms with Gasteiger partial charge in [-0.1, -0.05) is 111 Å². The molecule has 1 aliphatic heterocycles. The van der Waals surface area contributed by atoms with E-state index in [0.29, 0.717) is 0 Å². The summed E-state index contributed by atoms with van der Waals surface area (Å²) in [6.45, 7) is 10.3. The Bertz CT molecular complexity index is 369. The van der Waals surface area contributed by atoms with Crippen LogP contribution in [0, 0.1) is 5.92 Å². The van der Waals surface area contributed by atoms with E-state index in [1.807, 2.05) is 0 Å². The van der Waals surface area contributed by atoms with Crippen molar-refractivity contribution < 1.29 is 0 Å². The van der Waals surface area contributed by atoms with Gasteiger partial charge in [0.1, 0.15) is 0 Å². The summed E-state index contributed by atoms with van der Waals surface area (Å²) in [5, 5.41) is 3.55. The smallest absolute Gasteiger partial charge is 0.0971 e. The Hall–Kier alpha value is -0.530.